The van der Waals surface area contributed by atoms with Crippen LogP contribution in [-0.4, -0.2) is 28.5 Å². The van der Waals surface area contributed by atoms with Gasteiger partial charge < -0.3 is 9.84 Å². The molecule has 2 aromatic carbocycles. The molecule has 0 unspecified atom stereocenters. The van der Waals surface area contributed by atoms with E-state index >= 15 is 0 Å². The molecule has 2 heterocycles. The molecule has 4 aromatic rings. The van der Waals surface area contributed by atoms with Gasteiger partial charge in [-0.15, -0.1) is 0 Å². The van der Waals surface area contributed by atoms with E-state index in [1.165, 1.54) is 12.1 Å². The minimum absolute atomic E-state index is 0.0789. The fraction of sp³-hybridized carbons (Fsp3) is 0.125. The van der Waals surface area contributed by atoms with Crippen LogP contribution in [0, 0.1) is 0 Å². The van der Waals surface area contributed by atoms with Gasteiger partial charge in [-0.3, -0.25) is 4.98 Å². The lowest BCUT2D eigenvalue weighted by Gasteiger charge is -2.18. The summed E-state index contributed by atoms with van der Waals surface area (Å²) in [5.74, 6) is 0.518. The summed E-state index contributed by atoms with van der Waals surface area (Å²) in [5.41, 5.74) is 0.405. The highest BCUT2D eigenvalue weighted by atomic mass is 32.2. The lowest BCUT2D eigenvalue weighted by molar-refractivity contribution is 0.0783. The molecule has 0 aliphatic carbocycles. The van der Waals surface area contributed by atoms with Gasteiger partial charge in [-0.1, -0.05) is 36.4 Å². The molecule has 0 aliphatic rings. The smallest absolute Gasteiger partial charge is 0.264 e. The first-order chi connectivity index (χ1) is 15.7. The second kappa shape index (κ2) is 8.97. The summed E-state index contributed by atoms with van der Waals surface area (Å²) >= 11 is 0. The number of nitrogens with zero attached hydrogens (tertiary/aromatic N) is 3. The number of para-hydroxylation sites is 1. The minimum Gasteiger partial charge on any atom is -0.439 e. The quantitative estimate of drug-likeness (QED) is 0.419. The maximum Gasteiger partial charge on any atom is 0.264 e. The molecule has 2 N–H and O–H groups in total. The number of aromatic nitrogens is 3. The number of rotatable bonds is 7. The van der Waals surface area contributed by atoms with Gasteiger partial charge in [0, 0.05) is 29.6 Å². The molecule has 0 aliphatic heterocycles. The lowest BCUT2D eigenvalue weighted by atomic mass is 9.98. The first-order valence-corrected chi connectivity index (χ1v) is 11.6. The number of nitrogens with one attached hydrogen (secondary N) is 1. The fourth-order valence-corrected chi connectivity index (χ4v) is 3.94. The van der Waals surface area contributed by atoms with Crippen molar-refractivity contribution in [3.05, 3.63) is 90.8 Å². The second-order valence-corrected chi connectivity index (χ2v) is 9.45. The van der Waals surface area contributed by atoms with E-state index in [-0.39, 0.29) is 16.7 Å². The second-order valence-electron chi connectivity index (χ2n) is 7.77. The van der Waals surface area contributed by atoms with Crippen molar-refractivity contribution in [3.8, 4) is 22.9 Å². The Morgan fingerprint density at radius 2 is 1.58 bits per heavy atom. The number of hydrogen-bond donors (Lipinski definition) is 2. The summed E-state index contributed by atoms with van der Waals surface area (Å²) in [6.45, 7) is 3.30. The number of pyridine rings is 1. The Bertz CT molecular complexity index is 1360. The third kappa shape index (κ3) is 5.51. The van der Waals surface area contributed by atoms with Gasteiger partial charge >= 0.3 is 0 Å². The maximum atomic E-state index is 12.8. The van der Waals surface area contributed by atoms with Crippen molar-refractivity contribution < 1.29 is 18.3 Å². The van der Waals surface area contributed by atoms with Gasteiger partial charge in [0.25, 0.3) is 10.0 Å². The first-order valence-electron chi connectivity index (χ1n) is 10.1. The third-order valence-corrected chi connectivity index (χ3v) is 6.03. The van der Waals surface area contributed by atoms with Crippen molar-refractivity contribution in [2.75, 3.05) is 4.72 Å². The van der Waals surface area contributed by atoms with E-state index in [9.17, 15) is 13.5 Å². The van der Waals surface area contributed by atoms with Crippen molar-refractivity contribution in [1.82, 2.24) is 15.0 Å². The molecule has 8 nitrogen and oxygen atoms in total. The van der Waals surface area contributed by atoms with E-state index in [0.29, 0.717) is 22.6 Å². The standard InChI is InChI=1S/C24H22N4O4S/c1-24(2,29)18-13-17(15-25-16-18)21-14-22(32-19-9-5-3-6-10-19)27-23(26-21)28-33(30,31)20-11-7-4-8-12-20/h3-16,29H,1-2H3,(H,26,27,28). The predicted molar refractivity (Wildman–Crippen MR) is 124 cm³/mol. The highest BCUT2D eigenvalue weighted by Crippen LogP contribution is 2.29. The molecule has 9 heteroatoms. The molecule has 168 valence electrons. The molecule has 0 atom stereocenters. The Hall–Kier alpha value is -3.82. The van der Waals surface area contributed by atoms with Crippen LogP contribution < -0.4 is 9.46 Å². The summed E-state index contributed by atoms with van der Waals surface area (Å²) in [6, 6.07) is 20.2. The summed E-state index contributed by atoms with van der Waals surface area (Å²) in [7, 11) is -3.92. The Morgan fingerprint density at radius 3 is 2.24 bits per heavy atom. The Balaban J connectivity index is 1.77. The van der Waals surface area contributed by atoms with E-state index in [2.05, 4.69) is 19.7 Å². The molecule has 0 fully saturated rings. The van der Waals surface area contributed by atoms with Crippen molar-refractivity contribution in [2.24, 2.45) is 0 Å². The van der Waals surface area contributed by atoms with Gasteiger partial charge in [0.2, 0.25) is 11.8 Å². The molecule has 0 spiro atoms. The van der Waals surface area contributed by atoms with E-state index in [4.69, 9.17) is 4.74 Å². The van der Waals surface area contributed by atoms with E-state index in [0.717, 1.165) is 0 Å². The van der Waals surface area contributed by atoms with Crippen LogP contribution in [0.2, 0.25) is 0 Å². The van der Waals surface area contributed by atoms with E-state index in [1.54, 1.807) is 68.7 Å². The molecule has 0 bridgehead atoms. The number of sulfonamides is 1. The van der Waals surface area contributed by atoms with Gasteiger partial charge in [-0.05, 0) is 44.2 Å². The zero-order valence-corrected chi connectivity index (χ0v) is 18.8. The summed E-state index contributed by atoms with van der Waals surface area (Å²) in [4.78, 5) is 12.9. The van der Waals surface area contributed by atoms with Crippen molar-refractivity contribution >= 4 is 16.0 Å². The van der Waals surface area contributed by atoms with E-state index in [1.807, 2.05) is 18.2 Å². The molecule has 4 rings (SSSR count). The minimum atomic E-state index is -3.92. The average molecular weight is 463 g/mol. The Morgan fingerprint density at radius 1 is 0.909 bits per heavy atom. The van der Waals surface area contributed by atoms with Crippen LogP contribution in [0.4, 0.5) is 5.95 Å². The van der Waals surface area contributed by atoms with Gasteiger partial charge in [0.05, 0.1) is 16.2 Å². The third-order valence-electron chi connectivity index (χ3n) is 4.69. The summed E-state index contributed by atoms with van der Waals surface area (Å²) in [6.07, 6.45) is 3.13. The molecule has 33 heavy (non-hydrogen) atoms. The average Bonchev–Trinajstić information content (AvgIpc) is 2.79. The molecule has 0 saturated carbocycles. The zero-order chi connectivity index (χ0) is 23.5. The molecular weight excluding hydrogens is 440 g/mol. The topological polar surface area (TPSA) is 114 Å². The highest BCUT2D eigenvalue weighted by Gasteiger charge is 2.20. The van der Waals surface area contributed by atoms with Crippen LogP contribution in [0.25, 0.3) is 11.3 Å². The van der Waals surface area contributed by atoms with Crippen molar-refractivity contribution in [1.29, 1.82) is 0 Å². The van der Waals surface area contributed by atoms with Crippen LogP contribution in [0.3, 0.4) is 0 Å². The van der Waals surface area contributed by atoms with Crippen LogP contribution in [0.5, 0.6) is 11.6 Å². The maximum absolute atomic E-state index is 12.8. The van der Waals surface area contributed by atoms with Crippen LogP contribution >= 0.6 is 0 Å². The summed E-state index contributed by atoms with van der Waals surface area (Å²) in [5, 5.41) is 10.4. The molecular formula is C24H22N4O4S. The van der Waals surface area contributed by atoms with Crippen LogP contribution in [-0.2, 0) is 15.6 Å². The number of aliphatic hydroxyl groups is 1. The normalized spacial score (nSPS) is 11.7. The Labute approximate surface area is 192 Å². The number of anilines is 1. The van der Waals surface area contributed by atoms with Gasteiger partial charge in [0.1, 0.15) is 5.75 Å². The first kappa shape index (κ1) is 22.4. The number of ether oxygens (including phenoxy) is 1. The van der Waals surface area contributed by atoms with Crippen LogP contribution in [0.15, 0.2) is 90.1 Å². The van der Waals surface area contributed by atoms with Crippen molar-refractivity contribution in [3.63, 3.8) is 0 Å². The van der Waals surface area contributed by atoms with Crippen molar-refractivity contribution in [2.45, 2.75) is 24.3 Å². The fourth-order valence-electron chi connectivity index (χ4n) is 2.97. The zero-order valence-electron chi connectivity index (χ0n) is 18.0. The van der Waals surface area contributed by atoms with Gasteiger partial charge in [0.15, 0.2) is 0 Å². The molecule has 2 aromatic heterocycles. The molecule has 0 radical (unpaired) electrons. The number of benzene rings is 2. The molecule has 0 saturated heterocycles. The van der Waals surface area contributed by atoms with Gasteiger partial charge in [-0.2, -0.15) is 4.98 Å². The Kier molecular flexibility index (Phi) is 6.08. The number of hydrogen-bond acceptors (Lipinski definition) is 7. The lowest BCUT2D eigenvalue weighted by Crippen LogP contribution is -2.16. The highest BCUT2D eigenvalue weighted by molar-refractivity contribution is 7.92. The largest absolute Gasteiger partial charge is 0.439 e. The SMILES string of the molecule is CC(C)(O)c1cncc(-c2cc(Oc3ccccc3)nc(NS(=O)(=O)c3ccccc3)n2)c1. The monoisotopic (exact) mass is 462 g/mol. The van der Waals surface area contributed by atoms with E-state index < -0.39 is 15.6 Å². The van der Waals surface area contributed by atoms with Gasteiger partial charge in [-0.25, -0.2) is 18.1 Å². The summed E-state index contributed by atoms with van der Waals surface area (Å²) < 4.78 is 33.9. The molecule has 0 amide bonds. The predicted octanol–water partition coefficient (Wildman–Crippen LogP) is 4.36. The van der Waals surface area contributed by atoms with Crippen LogP contribution in [0.1, 0.15) is 19.4 Å².